The Balaban J connectivity index is 1.80. The van der Waals surface area contributed by atoms with E-state index < -0.39 is 6.17 Å². The summed E-state index contributed by atoms with van der Waals surface area (Å²) in [6.45, 7) is 2.02. The lowest BCUT2D eigenvalue weighted by atomic mass is 10.2. The molecule has 2 aromatic carbocycles. The van der Waals surface area contributed by atoms with Crippen LogP contribution in [0.25, 0.3) is 0 Å². The Morgan fingerprint density at radius 3 is 2.56 bits per heavy atom. The van der Waals surface area contributed by atoms with Crippen molar-refractivity contribution in [3.05, 3.63) is 88.7 Å². The molecule has 0 bridgehead atoms. The molecule has 0 unspecified atom stereocenters. The van der Waals surface area contributed by atoms with E-state index in [9.17, 15) is 4.79 Å². The lowest BCUT2D eigenvalue weighted by Gasteiger charge is -2.27. The molecule has 4 nitrogen and oxygen atoms in total. The summed E-state index contributed by atoms with van der Waals surface area (Å²) in [4.78, 5) is 19.1. The van der Waals surface area contributed by atoms with Gasteiger partial charge in [-0.25, -0.2) is 0 Å². The van der Waals surface area contributed by atoms with E-state index >= 15 is 0 Å². The van der Waals surface area contributed by atoms with Gasteiger partial charge in [0.2, 0.25) is 0 Å². The average Bonchev–Trinajstić information content (AvgIpc) is 2.90. The quantitative estimate of drug-likeness (QED) is 0.737. The zero-order valence-electron chi connectivity index (χ0n) is 13.6. The standard InChI is InChI=1S/C20H16ClN3O/c1-13-8-10-14(11-9-13)24-19(23-17-7-3-2-6-16(17)21)18-15(20(24)25)5-4-12-22-18/h2-12,19,23H,1H3/t19-/m0/s1. The van der Waals surface area contributed by atoms with Crippen LogP contribution in [0.2, 0.25) is 5.02 Å². The SMILES string of the molecule is Cc1ccc(N2C(=O)c3cccnc3[C@H]2Nc2ccccc2Cl)cc1. The third-order valence-corrected chi connectivity index (χ3v) is 4.61. The van der Waals surface area contributed by atoms with Gasteiger partial charge in [0.05, 0.1) is 22.0 Å². The molecule has 0 spiro atoms. The maximum Gasteiger partial charge on any atom is 0.262 e. The van der Waals surface area contributed by atoms with Gasteiger partial charge in [0.1, 0.15) is 0 Å². The number of nitrogens with one attached hydrogen (secondary N) is 1. The number of carbonyl (C=O) groups is 1. The van der Waals surface area contributed by atoms with Crippen molar-refractivity contribution in [2.75, 3.05) is 10.2 Å². The van der Waals surface area contributed by atoms with Crippen molar-refractivity contribution in [2.24, 2.45) is 0 Å². The average molecular weight is 350 g/mol. The summed E-state index contributed by atoms with van der Waals surface area (Å²) >= 11 is 6.29. The van der Waals surface area contributed by atoms with Crippen LogP contribution in [0.3, 0.4) is 0 Å². The molecule has 124 valence electrons. The van der Waals surface area contributed by atoms with Crippen molar-refractivity contribution in [3.63, 3.8) is 0 Å². The molecule has 1 N–H and O–H groups in total. The van der Waals surface area contributed by atoms with Gasteiger partial charge in [-0.1, -0.05) is 41.4 Å². The van der Waals surface area contributed by atoms with E-state index in [0.29, 0.717) is 16.3 Å². The van der Waals surface area contributed by atoms with Crippen LogP contribution in [-0.4, -0.2) is 10.9 Å². The molecule has 1 aromatic heterocycles. The number of hydrogen-bond donors (Lipinski definition) is 1. The summed E-state index contributed by atoms with van der Waals surface area (Å²) in [7, 11) is 0. The molecule has 0 saturated heterocycles. The van der Waals surface area contributed by atoms with Gasteiger partial charge in [0, 0.05) is 11.9 Å². The summed E-state index contributed by atoms with van der Waals surface area (Å²) in [5.41, 5.74) is 4.03. The minimum absolute atomic E-state index is 0.0727. The van der Waals surface area contributed by atoms with Gasteiger partial charge in [0.25, 0.3) is 5.91 Å². The number of nitrogens with zero attached hydrogens (tertiary/aromatic N) is 2. The fourth-order valence-corrected chi connectivity index (χ4v) is 3.21. The Kier molecular flexibility index (Phi) is 3.90. The number of hydrogen-bond acceptors (Lipinski definition) is 3. The molecule has 0 radical (unpaired) electrons. The highest BCUT2D eigenvalue weighted by Gasteiger charge is 2.39. The summed E-state index contributed by atoms with van der Waals surface area (Å²) < 4.78 is 0. The number of benzene rings is 2. The summed E-state index contributed by atoms with van der Waals surface area (Å²) in [5.74, 6) is -0.0727. The van der Waals surface area contributed by atoms with E-state index in [2.05, 4.69) is 10.3 Å². The predicted molar refractivity (Wildman–Crippen MR) is 100 cm³/mol. The zero-order valence-corrected chi connectivity index (χ0v) is 14.4. The van der Waals surface area contributed by atoms with Crippen LogP contribution in [0.15, 0.2) is 66.9 Å². The molecule has 25 heavy (non-hydrogen) atoms. The molecule has 1 amide bonds. The van der Waals surface area contributed by atoms with E-state index in [1.54, 1.807) is 23.2 Å². The smallest absolute Gasteiger partial charge is 0.262 e. The maximum absolute atomic E-state index is 13.0. The third kappa shape index (κ3) is 2.75. The van der Waals surface area contributed by atoms with Gasteiger partial charge in [-0.15, -0.1) is 0 Å². The second kappa shape index (κ2) is 6.22. The van der Waals surface area contributed by atoms with Crippen LogP contribution in [0.4, 0.5) is 11.4 Å². The van der Waals surface area contributed by atoms with Crippen molar-refractivity contribution in [3.8, 4) is 0 Å². The highest BCUT2D eigenvalue weighted by atomic mass is 35.5. The van der Waals surface area contributed by atoms with Gasteiger partial charge in [-0.2, -0.15) is 0 Å². The van der Waals surface area contributed by atoms with E-state index in [1.807, 2.05) is 55.5 Å². The molecular formula is C20H16ClN3O. The molecule has 0 saturated carbocycles. The molecule has 1 atom stereocenters. The van der Waals surface area contributed by atoms with Crippen LogP contribution in [0.5, 0.6) is 0 Å². The largest absolute Gasteiger partial charge is 0.359 e. The van der Waals surface area contributed by atoms with Crippen molar-refractivity contribution in [2.45, 2.75) is 13.1 Å². The number of pyridine rings is 1. The van der Waals surface area contributed by atoms with Gasteiger partial charge in [-0.3, -0.25) is 14.7 Å². The fraction of sp³-hybridized carbons (Fsp3) is 0.100. The molecule has 0 fully saturated rings. The molecule has 0 aliphatic carbocycles. The first kappa shape index (κ1) is 15.7. The second-order valence-corrected chi connectivity index (χ2v) is 6.38. The van der Waals surface area contributed by atoms with Crippen LogP contribution in [-0.2, 0) is 0 Å². The zero-order chi connectivity index (χ0) is 17.4. The van der Waals surface area contributed by atoms with Crippen molar-refractivity contribution in [1.82, 2.24) is 4.98 Å². The fourth-order valence-electron chi connectivity index (χ4n) is 3.02. The van der Waals surface area contributed by atoms with Crippen LogP contribution in [0, 0.1) is 6.92 Å². The number of rotatable bonds is 3. The van der Waals surface area contributed by atoms with Crippen LogP contribution >= 0.6 is 11.6 Å². The number of carbonyl (C=O) groups excluding carboxylic acids is 1. The summed E-state index contributed by atoms with van der Waals surface area (Å²) in [6, 6.07) is 18.9. The first-order chi connectivity index (χ1) is 12.1. The van der Waals surface area contributed by atoms with Crippen molar-refractivity contribution < 1.29 is 4.79 Å². The highest BCUT2D eigenvalue weighted by Crippen LogP contribution is 2.38. The number of para-hydroxylation sites is 1. The molecule has 3 aromatic rings. The maximum atomic E-state index is 13.0. The number of anilines is 2. The van der Waals surface area contributed by atoms with E-state index in [4.69, 9.17) is 11.6 Å². The minimum atomic E-state index is -0.411. The molecule has 2 heterocycles. The van der Waals surface area contributed by atoms with Crippen molar-refractivity contribution >= 4 is 28.9 Å². The molecule has 1 aliphatic heterocycles. The van der Waals surface area contributed by atoms with Crippen molar-refractivity contribution in [1.29, 1.82) is 0 Å². The van der Waals surface area contributed by atoms with Gasteiger partial charge < -0.3 is 5.32 Å². The number of aryl methyl sites for hydroxylation is 1. The first-order valence-electron chi connectivity index (χ1n) is 8.01. The Morgan fingerprint density at radius 2 is 1.80 bits per heavy atom. The van der Waals surface area contributed by atoms with E-state index in [1.165, 1.54) is 0 Å². The lowest BCUT2D eigenvalue weighted by Crippen LogP contribution is -2.32. The van der Waals surface area contributed by atoms with Crippen LogP contribution < -0.4 is 10.2 Å². The summed E-state index contributed by atoms with van der Waals surface area (Å²) in [5, 5.41) is 3.97. The number of fused-ring (bicyclic) bond motifs is 1. The molecule has 4 rings (SSSR count). The van der Waals surface area contributed by atoms with E-state index in [-0.39, 0.29) is 5.91 Å². The number of aromatic nitrogens is 1. The highest BCUT2D eigenvalue weighted by molar-refractivity contribution is 6.33. The second-order valence-electron chi connectivity index (χ2n) is 5.97. The lowest BCUT2D eigenvalue weighted by molar-refractivity contribution is 0.0993. The summed E-state index contributed by atoms with van der Waals surface area (Å²) in [6.07, 6.45) is 1.29. The Morgan fingerprint density at radius 1 is 1.04 bits per heavy atom. The minimum Gasteiger partial charge on any atom is -0.359 e. The molecule has 5 heteroatoms. The predicted octanol–water partition coefficient (Wildman–Crippen LogP) is 4.81. The topological polar surface area (TPSA) is 45.2 Å². The number of halogens is 1. The van der Waals surface area contributed by atoms with Gasteiger partial charge in [0.15, 0.2) is 6.17 Å². The third-order valence-electron chi connectivity index (χ3n) is 4.28. The number of amides is 1. The Bertz CT molecular complexity index is 940. The first-order valence-corrected chi connectivity index (χ1v) is 8.39. The van der Waals surface area contributed by atoms with Crippen LogP contribution in [0.1, 0.15) is 27.8 Å². The monoisotopic (exact) mass is 349 g/mol. The molecular weight excluding hydrogens is 334 g/mol. The van der Waals surface area contributed by atoms with E-state index in [0.717, 1.165) is 16.9 Å². The van der Waals surface area contributed by atoms with Gasteiger partial charge >= 0.3 is 0 Å². The Labute approximate surface area is 151 Å². The van der Waals surface area contributed by atoms with Gasteiger partial charge in [-0.05, 0) is 43.3 Å². The normalized spacial score (nSPS) is 16.0. The molecule has 1 aliphatic rings. The Hall–Kier alpha value is -2.85.